The monoisotopic (exact) mass is 195 g/mol. The third-order valence-electron chi connectivity index (χ3n) is 2.18. The van der Waals surface area contributed by atoms with Crippen LogP contribution in [0.4, 0.5) is 0 Å². The molecule has 0 radical (unpaired) electrons. The average Bonchev–Trinajstić information content (AvgIpc) is 2.62. The van der Waals surface area contributed by atoms with Gasteiger partial charge in [0.2, 0.25) is 0 Å². The molecule has 0 bridgehead atoms. The molecule has 0 aliphatic carbocycles. The van der Waals surface area contributed by atoms with Gasteiger partial charge in [0.25, 0.3) is 0 Å². The summed E-state index contributed by atoms with van der Waals surface area (Å²) in [7, 11) is 0. The molecule has 0 atom stereocenters. The Labute approximate surface area is 81.2 Å². The van der Waals surface area contributed by atoms with Crippen LogP contribution in [0.2, 0.25) is 0 Å². The van der Waals surface area contributed by atoms with E-state index in [0.717, 1.165) is 30.0 Å². The number of rotatable bonds is 3. The lowest BCUT2D eigenvalue weighted by Gasteiger charge is -1.98. The van der Waals surface area contributed by atoms with E-state index < -0.39 is 0 Å². The molecule has 2 rings (SSSR count). The van der Waals surface area contributed by atoms with Crippen LogP contribution in [0.5, 0.6) is 0 Å². The van der Waals surface area contributed by atoms with E-state index in [1.54, 1.807) is 11.3 Å². The molecule has 2 aromatic rings. The molecule has 0 aliphatic rings. The van der Waals surface area contributed by atoms with Crippen molar-refractivity contribution < 1.29 is 0 Å². The number of aryl methyl sites for hydroxylation is 2. The predicted octanol–water partition coefficient (Wildman–Crippen LogP) is 1.60. The average molecular weight is 195 g/mol. The molecule has 2 heterocycles. The van der Waals surface area contributed by atoms with Crippen LogP contribution in [-0.2, 0) is 6.42 Å². The number of aromatic nitrogens is 2. The minimum atomic E-state index is 0.747. The van der Waals surface area contributed by atoms with Crippen LogP contribution < -0.4 is 5.73 Å². The molecule has 0 saturated heterocycles. The van der Waals surface area contributed by atoms with Crippen molar-refractivity contribution in [2.24, 2.45) is 5.73 Å². The fourth-order valence-corrected chi connectivity index (χ4v) is 2.29. The number of thiazole rings is 1. The molecule has 0 fully saturated rings. The molecule has 4 heteroatoms. The summed E-state index contributed by atoms with van der Waals surface area (Å²) in [6, 6.07) is 0. The maximum absolute atomic E-state index is 5.49. The summed E-state index contributed by atoms with van der Waals surface area (Å²) in [5.41, 5.74) is 7.93. The SMILES string of the molecule is Cc1nc2sccn2c1CCCN. The third kappa shape index (κ3) is 1.47. The second-order valence-electron chi connectivity index (χ2n) is 3.09. The quantitative estimate of drug-likeness (QED) is 0.808. The van der Waals surface area contributed by atoms with E-state index in [9.17, 15) is 0 Å². The summed E-state index contributed by atoms with van der Waals surface area (Å²) in [6.07, 6.45) is 4.14. The highest BCUT2D eigenvalue weighted by Crippen LogP contribution is 2.17. The first-order chi connectivity index (χ1) is 6.33. The van der Waals surface area contributed by atoms with Crippen LogP contribution in [0.15, 0.2) is 11.6 Å². The molecule has 0 spiro atoms. The van der Waals surface area contributed by atoms with Crippen molar-refractivity contribution in [3.8, 4) is 0 Å². The second-order valence-corrected chi connectivity index (χ2v) is 3.96. The van der Waals surface area contributed by atoms with E-state index in [1.807, 2.05) is 0 Å². The third-order valence-corrected chi connectivity index (χ3v) is 2.94. The first-order valence-corrected chi connectivity index (χ1v) is 5.32. The standard InChI is InChI=1S/C9H13N3S/c1-7-8(3-2-4-10)12-5-6-13-9(12)11-7/h5-6H,2-4,10H2,1H3. The first kappa shape index (κ1) is 8.72. The molecule has 0 aliphatic heterocycles. The van der Waals surface area contributed by atoms with E-state index >= 15 is 0 Å². The largest absolute Gasteiger partial charge is 0.330 e. The van der Waals surface area contributed by atoms with Crippen molar-refractivity contribution in [1.82, 2.24) is 9.38 Å². The summed E-state index contributed by atoms with van der Waals surface area (Å²) in [5.74, 6) is 0. The highest BCUT2D eigenvalue weighted by molar-refractivity contribution is 7.15. The Balaban J connectivity index is 2.39. The number of nitrogens with two attached hydrogens (primary N) is 1. The fraction of sp³-hybridized carbons (Fsp3) is 0.444. The molecule has 0 unspecified atom stereocenters. The van der Waals surface area contributed by atoms with Gasteiger partial charge in [-0.3, -0.25) is 4.40 Å². The molecule has 13 heavy (non-hydrogen) atoms. The van der Waals surface area contributed by atoms with Gasteiger partial charge in [-0.05, 0) is 26.3 Å². The fourth-order valence-electron chi connectivity index (χ4n) is 1.51. The van der Waals surface area contributed by atoms with E-state index in [1.165, 1.54) is 5.69 Å². The van der Waals surface area contributed by atoms with Crippen molar-refractivity contribution >= 4 is 16.3 Å². The van der Waals surface area contributed by atoms with Crippen molar-refractivity contribution in [1.29, 1.82) is 0 Å². The van der Waals surface area contributed by atoms with Crippen LogP contribution in [0.1, 0.15) is 17.8 Å². The topological polar surface area (TPSA) is 43.3 Å². The van der Waals surface area contributed by atoms with Gasteiger partial charge >= 0.3 is 0 Å². The Morgan fingerprint density at radius 1 is 1.62 bits per heavy atom. The highest BCUT2D eigenvalue weighted by Gasteiger charge is 2.07. The van der Waals surface area contributed by atoms with Gasteiger partial charge in [0.05, 0.1) is 5.69 Å². The maximum Gasteiger partial charge on any atom is 0.194 e. The highest BCUT2D eigenvalue weighted by atomic mass is 32.1. The van der Waals surface area contributed by atoms with E-state index in [2.05, 4.69) is 27.9 Å². The zero-order valence-corrected chi connectivity index (χ0v) is 8.47. The Morgan fingerprint density at radius 3 is 3.23 bits per heavy atom. The summed E-state index contributed by atoms with van der Waals surface area (Å²) in [6.45, 7) is 2.81. The molecule has 0 saturated carbocycles. The van der Waals surface area contributed by atoms with Crippen molar-refractivity contribution in [2.45, 2.75) is 19.8 Å². The molecular formula is C9H13N3S. The Morgan fingerprint density at radius 2 is 2.46 bits per heavy atom. The Hall–Kier alpha value is -0.870. The Kier molecular flexibility index (Phi) is 2.33. The van der Waals surface area contributed by atoms with Gasteiger partial charge in [0.15, 0.2) is 4.96 Å². The molecule has 0 aromatic carbocycles. The number of hydrogen-bond donors (Lipinski definition) is 1. The predicted molar refractivity (Wildman–Crippen MR) is 55.2 cm³/mol. The second kappa shape index (κ2) is 3.47. The van der Waals surface area contributed by atoms with Crippen LogP contribution in [0, 0.1) is 6.92 Å². The number of imidazole rings is 1. The lowest BCUT2D eigenvalue weighted by Crippen LogP contribution is -2.02. The zero-order valence-electron chi connectivity index (χ0n) is 7.66. The van der Waals surface area contributed by atoms with Crippen LogP contribution >= 0.6 is 11.3 Å². The summed E-state index contributed by atoms with van der Waals surface area (Å²) < 4.78 is 2.16. The maximum atomic E-state index is 5.49. The lowest BCUT2D eigenvalue weighted by molar-refractivity contribution is 0.798. The summed E-state index contributed by atoms with van der Waals surface area (Å²) in [4.78, 5) is 5.55. The molecule has 0 amide bonds. The summed E-state index contributed by atoms with van der Waals surface area (Å²) >= 11 is 1.68. The zero-order chi connectivity index (χ0) is 9.26. The number of fused-ring (bicyclic) bond motifs is 1. The molecule has 3 nitrogen and oxygen atoms in total. The molecule has 2 N–H and O–H groups in total. The van der Waals surface area contributed by atoms with Gasteiger partial charge in [0.1, 0.15) is 0 Å². The smallest absolute Gasteiger partial charge is 0.194 e. The molecule has 70 valence electrons. The van der Waals surface area contributed by atoms with Crippen LogP contribution in [0.3, 0.4) is 0 Å². The molecule has 2 aromatic heterocycles. The van der Waals surface area contributed by atoms with E-state index in [4.69, 9.17) is 5.73 Å². The van der Waals surface area contributed by atoms with Gasteiger partial charge in [0, 0.05) is 17.3 Å². The Bertz CT molecular complexity index is 402. The van der Waals surface area contributed by atoms with E-state index in [0.29, 0.717) is 0 Å². The van der Waals surface area contributed by atoms with Gasteiger partial charge in [-0.2, -0.15) is 0 Å². The van der Waals surface area contributed by atoms with Gasteiger partial charge in [-0.15, -0.1) is 11.3 Å². The van der Waals surface area contributed by atoms with E-state index in [-0.39, 0.29) is 0 Å². The molecular weight excluding hydrogens is 182 g/mol. The van der Waals surface area contributed by atoms with Gasteiger partial charge < -0.3 is 5.73 Å². The summed E-state index contributed by atoms with van der Waals surface area (Å²) in [5, 5.41) is 2.06. The number of nitrogens with zero attached hydrogens (tertiary/aromatic N) is 2. The van der Waals surface area contributed by atoms with Crippen molar-refractivity contribution in [3.63, 3.8) is 0 Å². The normalized spacial score (nSPS) is 11.2. The number of hydrogen-bond acceptors (Lipinski definition) is 3. The van der Waals surface area contributed by atoms with Gasteiger partial charge in [-0.25, -0.2) is 4.98 Å². The van der Waals surface area contributed by atoms with Crippen LogP contribution in [0.25, 0.3) is 4.96 Å². The van der Waals surface area contributed by atoms with Gasteiger partial charge in [-0.1, -0.05) is 0 Å². The van der Waals surface area contributed by atoms with Crippen molar-refractivity contribution in [3.05, 3.63) is 23.0 Å². The minimum Gasteiger partial charge on any atom is -0.330 e. The van der Waals surface area contributed by atoms with Crippen molar-refractivity contribution in [2.75, 3.05) is 6.54 Å². The lowest BCUT2D eigenvalue weighted by atomic mass is 10.2. The van der Waals surface area contributed by atoms with Crippen LogP contribution in [-0.4, -0.2) is 15.9 Å². The minimum absolute atomic E-state index is 0.747. The first-order valence-electron chi connectivity index (χ1n) is 4.44.